The van der Waals surface area contributed by atoms with Crippen LogP contribution < -0.4 is 16.4 Å². The Morgan fingerprint density at radius 1 is 1.42 bits per heavy atom. The molecule has 0 aliphatic heterocycles. The van der Waals surface area contributed by atoms with Crippen LogP contribution in [0.25, 0.3) is 0 Å². The monoisotopic (exact) mass is 264 g/mol. The summed E-state index contributed by atoms with van der Waals surface area (Å²) in [6, 6.07) is 3.31. The molecule has 0 spiro atoms. The number of nitrogens with zero attached hydrogens (tertiary/aromatic N) is 1. The number of nitrogens with two attached hydrogens (primary N) is 1. The van der Waals surface area contributed by atoms with Gasteiger partial charge in [-0.05, 0) is 25.5 Å². The third kappa shape index (κ3) is 5.37. The van der Waals surface area contributed by atoms with Crippen molar-refractivity contribution >= 4 is 17.5 Å². The molecule has 6 heteroatoms. The molecular weight excluding hydrogens is 244 g/mol. The summed E-state index contributed by atoms with van der Waals surface area (Å²) in [6.07, 6.45) is 2.56. The number of amides is 2. The van der Waals surface area contributed by atoms with Crippen LogP contribution in [0.1, 0.15) is 37.2 Å². The lowest BCUT2D eigenvalue weighted by Crippen LogP contribution is -2.35. The molecule has 104 valence electrons. The van der Waals surface area contributed by atoms with Crippen molar-refractivity contribution in [2.45, 2.75) is 32.7 Å². The number of nitrogens with one attached hydrogen (secondary N) is 2. The SMILES string of the molecule is CCC(C)NC(=O)CCNC(=O)c1ccc(N)cn1. The number of nitrogen functional groups attached to an aromatic ring is 1. The van der Waals surface area contributed by atoms with Gasteiger partial charge in [-0.3, -0.25) is 9.59 Å². The first-order valence-corrected chi connectivity index (χ1v) is 6.32. The van der Waals surface area contributed by atoms with Crippen LogP contribution in [-0.2, 0) is 4.79 Å². The van der Waals surface area contributed by atoms with E-state index in [-0.39, 0.29) is 36.5 Å². The zero-order chi connectivity index (χ0) is 14.3. The van der Waals surface area contributed by atoms with Crippen molar-refractivity contribution in [3.8, 4) is 0 Å². The molecule has 2 amide bonds. The van der Waals surface area contributed by atoms with E-state index in [1.807, 2.05) is 13.8 Å². The van der Waals surface area contributed by atoms with Gasteiger partial charge >= 0.3 is 0 Å². The largest absolute Gasteiger partial charge is 0.397 e. The van der Waals surface area contributed by atoms with E-state index < -0.39 is 0 Å². The Morgan fingerprint density at radius 3 is 2.74 bits per heavy atom. The molecule has 0 bridgehead atoms. The Labute approximate surface area is 112 Å². The maximum Gasteiger partial charge on any atom is 0.269 e. The predicted molar refractivity (Wildman–Crippen MR) is 73.5 cm³/mol. The van der Waals surface area contributed by atoms with Gasteiger partial charge in [0.05, 0.1) is 11.9 Å². The molecule has 1 aromatic heterocycles. The summed E-state index contributed by atoms with van der Waals surface area (Å²) >= 11 is 0. The molecule has 0 saturated heterocycles. The van der Waals surface area contributed by atoms with Crippen LogP contribution in [0.15, 0.2) is 18.3 Å². The van der Waals surface area contributed by atoms with Crippen molar-refractivity contribution < 1.29 is 9.59 Å². The van der Waals surface area contributed by atoms with Crippen LogP contribution in [0.3, 0.4) is 0 Å². The number of carbonyl (C=O) groups excluding carboxylic acids is 2. The Hall–Kier alpha value is -2.11. The van der Waals surface area contributed by atoms with E-state index in [0.717, 1.165) is 6.42 Å². The number of pyridine rings is 1. The molecule has 1 aromatic rings. The Bertz CT molecular complexity index is 431. The smallest absolute Gasteiger partial charge is 0.269 e. The second-order valence-electron chi connectivity index (χ2n) is 4.36. The van der Waals surface area contributed by atoms with Gasteiger partial charge in [-0.25, -0.2) is 4.98 Å². The topological polar surface area (TPSA) is 97.1 Å². The predicted octanol–water partition coefficient (Wildman–Crippen LogP) is 0.698. The number of aromatic nitrogens is 1. The van der Waals surface area contributed by atoms with Gasteiger partial charge in [0, 0.05) is 19.0 Å². The first kappa shape index (κ1) is 14.9. The molecule has 0 aliphatic carbocycles. The fourth-order valence-electron chi connectivity index (χ4n) is 1.37. The number of hydrogen-bond donors (Lipinski definition) is 3. The van der Waals surface area contributed by atoms with Crippen molar-refractivity contribution in [1.29, 1.82) is 0 Å². The molecule has 0 fully saturated rings. The minimum atomic E-state index is -0.309. The van der Waals surface area contributed by atoms with E-state index in [0.29, 0.717) is 5.69 Å². The third-order valence-electron chi connectivity index (χ3n) is 2.68. The van der Waals surface area contributed by atoms with Gasteiger partial charge in [0.2, 0.25) is 5.91 Å². The lowest BCUT2D eigenvalue weighted by Gasteiger charge is -2.11. The average molecular weight is 264 g/mol. The highest BCUT2D eigenvalue weighted by Gasteiger charge is 2.08. The number of carbonyl (C=O) groups is 2. The fourth-order valence-corrected chi connectivity index (χ4v) is 1.37. The Morgan fingerprint density at radius 2 is 2.16 bits per heavy atom. The first-order chi connectivity index (χ1) is 9.02. The van der Waals surface area contributed by atoms with Crippen LogP contribution in [0.2, 0.25) is 0 Å². The van der Waals surface area contributed by atoms with Gasteiger partial charge in [0.15, 0.2) is 0 Å². The summed E-state index contributed by atoms with van der Waals surface area (Å²) in [5.41, 5.74) is 6.27. The van der Waals surface area contributed by atoms with Gasteiger partial charge in [-0.15, -0.1) is 0 Å². The van der Waals surface area contributed by atoms with Gasteiger partial charge in [-0.2, -0.15) is 0 Å². The Kier molecular flexibility index (Phi) is 5.78. The molecule has 19 heavy (non-hydrogen) atoms. The van der Waals surface area contributed by atoms with Crippen LogP contribution in [-0.4, -0.2) is 29.4 Å². The van der Waals surface area contributed by atoms with Gasteiger partial charge < -0.3 is 16.4 Å². The maximum atomic E-state index is 11.7. The van der Waals surface area contributed by atoms with Gasteiger partial charge in [-0.1, -0.05) is 6.92 Å². The first-order valence-electron chi connectivity index (χ1n) is 6.32. The molecule has 4 N–H and O–H groups in total. The summed E-state index contributed by atoms with van der Waals surface area (Å²) in [5.74, 6) is -0.378. The van der Waals surface area contributed by atoms with Crippen LogP contribution >= 0.6 is 0 Å². The summed E-state index contributed by atoms with van der Waals surface area (Å²) in [7, 11) is 0. The second-order valence-corrected chi connectivity index (χ2v) is 4.36. The highest BCUT2D eigenvalue weighted by atomic mass is 16.2. The molecule has 1 atom stereocenters. The quantitative estimate of drug-likeness (QED) is 0.704. The molecule has 0 aliphatic rings. The van der Waals surface area contributed by atoms with E-state index >= 15 is 0 Å². The highest BCUT2D eigenvalue weighted by Crippen LogP contribution is 2.00. The molecule has 1 rings (SSSR count). The van der Waals surface area contributed by atoms with Gasteiger partial charge in [0.1, 0.15) is 5.69 Å². The van der Waals surface area contributed by atoms with Gasteiger partial charge in [0.25, 0.3) is 5.91 Å². The molecule has 0 saturated carbocycles. The lowest BCUT2D eigenvalue weighted by molar-refractivity contribution is -0.121. The van der Waals surface area contributed by atoms with Crippen LogP contribution in [0.4, 0.5) is 5.69 Å². The summed E-state index contributed by atoms with van der Waals surface area (Å²) in [4.78, 5) is 27.1. The van der Waals surface area contributed by atoms with Crippen molar-refractivity contribution in [2.75, 3.05) is 12.3 Å². The summed E-state index contributed by atoms with van der Waals surface area (Å²) in [5, 5.41) is 5.47. The van der Waals surface area contributed by atoms with Crippen molar-refractivity contribution in [3.05, 3.63) is 24.0 Å². The Balaban J connectivity index is 2.31. The van der Waals surface area contributed by atoms with E-state index in [2.05, 4.69) is 15.6 Å². The van der Waals surface area contributed by atoms with Crippen LogP contribution in [0, 0.1) is 0 Å². The standard InChI is InChI=1S/C13H20N4O2/c1-3-9(2)17-12(18)6-7-15-13(19)11-5-4-10(14)8-16-11/h4-5,8-9H,3,6-7,14H2,1-2H3,(H,15,19)(H,17,18). The third-order valence-corrected chi connectivity index (χ3v) is 2.68. The molecular formula is C13H20N4O2. The van der Waals surface area contributed by atoms with Crippen LogP contribution in [0.5, 0.6) is 0 Å². The number of hydrogen-bond acceptors (Lipinski definition) is 4. The number of rotatable bonds is 6. The van der Waals surface area contributed by atoms with E-state index in [1.54, 1.807) is 12.1 Å². The molecule has 6 nitrogen and oxygen atoms in total. The molecule has 0 aromatic carbocycles. The molecule has 1 heterocycles. The number of anilines is 1. The molecule has 0 radical (unpaired) electrons. The fraction of sp³-hybridized carbons (Fsp3) is 0.462. The van der Waals surface area contributed by atoms with Crippen molar-refractivity contribution in [3.63, 3.8) is 0 Å². The lowest BCUT2D eigenvalue weighted by atomic mass is 10.2. The van der Waals surface area contributed by atoms with E-state index in [1.165, 1.54) is 6.20 Å². The summed E-state index contributed by atoms with van der Waals surface area (Å²) in [6.45, 7) is 4.22. The van der Waals surface area contributed by atoms with Crippen molar-refractivity contribution in [2.24, 2.45) is 0 Å². The summed E-state index contributed by atoms with van der Waals surface area (Å²) < 4.78 is 0. The minimum absolute atomic E-state index is 0.0695. The average Bonchev–Trinajstić information content (AvgIpc) is 2.39. The second kappa shape index (κ2) is 7.35. The highest BCUT2D eigenvalue weighted by molar-refractivity contribution is 5.92. The normalized spacial score (nSPS) is 11.7. The molecule has 1 unspecified atom stereocenters. The van der Waals surface area contributed by atoms with Crippen molar-refractivity contribution in [1.82, 2.24) is 15.6 Å². The van der Waals surface area contributed by atoms with E-state index in [9.17, 15) is 9.59 Å². The maximum absolute atomic E-state index is 11.7. The zero-order valence-corrected chi connectivity index (χ0v) is 11.3. The minimum Gasteiger partial charge on any atom is -0.397 e. The zero-order valence-electron chi connectivity index (χ0n) is 11.3. The van der Waals surface area contributed by atoms with E-state index in [4.69, 9.17) is 5.73 Å².